The molecule has 1 aromatic carbocycles. The average molecular weight is 387 g/mol. The van der Waals surface area contributed by atoms with Crippen LogP contribution in [0.5, 0.6) is 0 Å². The first-order valence-corrected chi connectivity index (χ1v) is 10.8. The van der Waals surface area contributed by atoms with Crippen molar-refractivity contribution in [1.29, 1.82) is 5.26 Å². The zero-order valence-corrected chi connectivity index (χ0v) is 18.2. The van der Waals surface area contributed by atoms with E-state index >= 15 is 0 Å². The smallest absolute Gasteiger partial charge is 0.154 e. The molecule has 1 aliphatic rings. The molecule has 1 fully saturated rings. The molecule has 0 radical (unpaired) electrons. The number of hydrogen-bond acceptors (Lipinski definition) is 4. The lowest BCUT2D eigenvalue weighted by molar-refractivity contribution is -0.155. The third-order valence-corrected chi connectivity index (χ3v) is 6.49. The fourth-order valence-electron chi connectivity index (χ4n) is 4.37. The van der Waals surface area contributed by atoms with E-state index in [1.807, 2.05) is 27.9 Å². The second-order valence-corrected chi connectivity index (χ2v) is 8.56. The predicted octanol–water partition coefficient (Wildman–Crippen LogP) is 5.18. The number of aryl methyl sites for hydroxylation is 1. The number of rotatable bonds is 11. The summed E-state index contributed by atoms with van der Waals surface area (Å²) in [5.74, 6) is 0. The van der Waals surface area contributed by atoms with Crippen molar-refractivity contribution in [1.82, 2.24) is 4.90 Å². The van der Waals surface area contributed by atoms with Gasteiger partial charge in [0.25, 0.3) is 0 Å². The quantitative estimate of drug-likeness (QED) is 0.388. The molecule has 4 nitrogen and oxygen atoms in total. The maximum Gasteiger partial charge on any atom is 0.154 e. The van der Waals surface area contributed by atoms with Crippen molar-refractivity contribution in [2.75, 3.05) is 27.3 Å². The summed E-state index contributed by atoms with van der Waals surface area (Å²) >= 11 is 0. The van der Waals surface area contributed by atoms with Gasteiger partial charge in [-0.05, 0) is 83.9 Å². The molecule has 1 saturated carbocycles. The van der Waals surface area contributed by atoms with E-state index in [0.717, 1.165) is 45.1 Å². The van der Waals surface area contributed by atoms with Crippen molar-refractivity contribution >= 4 is 0 Å². The van der Waals surface area contributed by atoms with Crippen molar-refractivity contribution in [2.45, 2.75) is 77.0 Å². The number of nitriles is 1. The van der Waals surface area contributed by atoms with Gasteiger partial charge >= 0.3 is 0 Å². The Morgan fingerprint density at radius 3 is 2.32 bits per heavy atom. The molecule has 0 aliphatic heterocycles. The maximum absolute atomic E-state index is 9.77. The molecule has 1 aliphatic carbocycles. The van der Waals surface area contributed by atoms with Crippen molar-refractivity contribution in [3.8, 4) is 6.07 Å². The van der Waals surface area contributed by atoms with Gasteiger partial charge in [0, 0.05) is 6.61 Å². The molecule has 0 saturated heterocycles. The number of hydrogen-bond donors (Lipinski definition) is 0. The number of nitrogens with zero attached hydrogens (tertiary/aromatic N) is 2. The van der Waals surface area contributed by atoms with Crippen LogP contribution in [0.3, 0.4) is 0 Å². The zero-order chi connectivity index (χ0) is 20.5. The minimum Gasteiger partial charge on any atom is -0.353 e. The van der Waals surface area contributed by atoms with Crippen LogP contribution in [0.1, 0.15) is 64.4 Å². The Hall–Kier alpha value is -1.41. The highest BCUT2D eigenvalue weighted by atomic mass is 16.7. The van der Waals surface area contributed by atoms with E-state index in [4.69, 9.17) is 9.47 Å². The van der Waals surface area contributed by atoms with Gasteiger partial charge in [0.2, 0.25) is 0 Å². The fourth-order valence-corrected chi connectivity index (χ4v) is 4.37. The highest BCUT2D eigenvalue weighted by Gasteiger charge is 2.44. The summed E-state index contributed by atoms with van der Waals surface area (Å²) in [5.41, 5.74) is 1.26. The molecule has 156 valence electrons. The normalized spacial score (nSPS) is 26.1. The molecule has 28 heavy (non-hydrogen) atoms. The molecule has 1 unspecified atom stereocenters. The van der Waals surface area contributed by atoms with Crippen LogP contribution in [0.25, 0.3) is 0 Å². The second kappa shape index (κ2) is 11.0. The summed E-state index contributed by atoms with van der Waals surface area (Å²) in [6, 6.07) is 13.3. The van der Waals surface area contributed by atoms with Gasteiger partial charge in [-0.2, -0.15) is 5.26 Å². The van der Waals surface area contributed by atoms with E-state index in [-0.39, 0.29) is 17.2 Å². The van der Waals surface area contributed by atoms with Gasteiger partial charge in [-0.3, -0.25) is 4.90 Å². The van der Waals surface area contributed by atoms with Crippen LogP contribution < -0.4 is 0 Å². The van der Waals surface area contributed by atoms with E-state index in [0.29, 0.717) is 6.61 Å². The lowest BCUT2D eigenvalue weighted by atomic mass is 9.65. The standard InChI is InChI=1S/C24H38N2O2/c1-5-27-21(2)28-20-23(14-10-9-13-22-11-7-6-8-12-22)15-17-24(19-25,18-16-23)26(3)4/h6-8,11-12,21H,5,9-10,13-18,20H2,1-4H3. The lowest BCUT2D eigenvalue weighted by Gasteiger charge is -2.46. The van der Waals surface area contributed by atoms with E-state index < -0.39 is 0 Å². The zero-order valence-electron chi connectivity index (χ0n) is 18.2. The minimum atomic E-state index is -0.320. The summed E-state index contributed by atoms with van der Waals surface area (Å²) in [5, 5.41) is 9.77. The van der Waals surface area contributed by atoms with Gasteiger partial charge in [0.1, 0.15) is 5.54 Å². The fraction of sp³-hybridized carbons (Fsp3) is 0.708. The summed E-state index contributed by atoms with van der Waals surface area (Å²) in [6.07, 6.45) is 8.45. The van der Waals surface area contributed by atoms with Crippen molar-refractivity contribution in [2.24, 2.45) is 5.41 Å². The number of benzene rings is 1. The Balaban J connectivity index is 1.94. The van der Waals surface area contributed by atoms with E-state index in [9.17, 15) is 5.26 Å². The van der Waals surface area contributed by atoms with Gasteiger partial charge in [0.05, 0.1) is 12.7 Å². The van der Waals surface area contributed by atoms with Crippen LogP contribution in [0.15, 0.2) is 30.3 Å². The van der Waals surface area contributed by atoms with Gasteiger partial charge in [-0.25, -0.2) is 0 Å². The van der Waals surface area contributed by atoms with E-state index in [1.54, 1.807) is 0 Å². The third-order valence-electron chi connectivity index (χ3n) is 6.49. The molecule has 1 aromatic rings. The monoisotopic (exact) mass is 386 g/mol. The average Bonchev–Trinajstić information content (AvgIpc) is 2.71. The molecule has 2 rings (SSSR count). The minimum absolute atomic E-state index is 0.164. The Labute approximate surface area is 171 Å². The number of ether oxygens (including phenoxy) is 2. The van der Waals surface area contributed by atoms with E-state index in [2.05, 4.69) is 41.3 Å². The van der Waals surface area contributed by atoms with Crippen LogP contribution in [-0.2, 0) is 15.9 Å². The molecule has 0 bridgehead atoms. The molecule has 0 amide bonds. The molecular weight excluding hydrogens is 348 g/mol. The topological polar surface area (TPSA) is 45.5 Å². The van der Waals surface area contributed by atoms with Crippen LogP contribution in [0, 0.1) is 16.7 Å². The number of unbranched alkanes of at least 4 members (excludes halogenated alkanes) is 1. The van der Waals surface area contributed by atoms with Gasteiger partial charge in [-0.1, -0.05) is 36.8 Å². The van der Waals surface area contributed by atoms with Crippen LogP contribution >= 0.6 is 0 Å². The first-order valence-electron chi connectivity index (χ1n) is 10.8. The Morgan fingerprint density at radius 2 is 1.75 bits per heavy atom. The molecular formula is C24H38N2O2. The Morgan fingerprint density at radius 1 is 1.07 bits per heavy atom. The second-order valence-electron chi connectivity index (χ2n) is 8.56. The highest BCUT2D eigenvalue weighted by Crippen LogP contribution is 2.46. The summed E-state index contributed by atoms with van der Waals surface area (Å²) < 4.78 is 11.7. The van der Waals surface area contributed by atoms with Crippen LogP contribution in [-0.4, -0.2) is 44.0 Å². The molecule has 0 spiro atoms. The molecule has 0 N–H and O–H groups in total. The van der Waals surface area contributed by atoms with Crippen molar-refractivity contribution in [3.05, 3.63) is 35.9 Å². The first-order chi connectivity index (χ1) is 13.5. The van der Waals surface area contributed by atoms with E-state index in [1.165, 1.54) is 18.4 Å². The highest BCUT2D eigenvalue weighted by molar-refractivity contribution is 5.14. The van der Waals surface area contributed by atoms with Crippen molar-refractivity contribution in [3.63, 3.8) is 0 Å². The van der Waals surface area contributed by atoms with Crippen molar-refractivity contribution < 1.29 is 9.47 Å². The van der Waals surface area contributed by atoms with Gasteiger partial charge in [0.15, 0.2) is 6.29 Å². The molecule has 1 atom stereocenters. The van der Waals surface area contributed by atoms with Crippen LogP contribution in [0.4, 0.5) is 0 Å². The van der Waals surface area contributed by atoms with Crippen LogP contribution in [0.2, 0.25) is 0 Å². The predicted molar refractivity (Wildman–Crippen MR) is 114 cm³/mol. The molecule has 0 heterocycles. The molecule has 0 aromatic heterocycles. The molecule has 4 heteroatoms. The third kappa shape index (κ3) is 6.30. The Kier molecular flexibility index (Phi) is 8.95. The van der Waals surface area contributed by atoms with Gasteiger partial charge < -0.3 is 9.47 Å². The maximum atomic E-state index is 9.77. The summed E-state index contributed by atoms with van der Waals surface area (Å²) in [7, 11) is 4.06. The first kappa shape index (κ1) is 22.9. The van der Waals surface area contributed by atoms with Gasteiger partial charge in [-0.15, -0.1) is 0 Å². The lowest BCUT2D eigenvalue weighted by Crippen LogP contribution is -2.49. The summed E-state index contributed by atoms with van der Waals surface area (Å²) in [6.45, 7) is 5.38. The Bertz CT molecular complexity index is 601. The largest absolute Gasteiger partial charge is 0.353 e. The SMILES string of the molecule is CCOC(C)OCC1(CCCCc2ccccc2)CCC(C#N)(N(C)C)CC1. The summed E-state index contributed by atoms with van der Waals surface area (Å²) in [4.78, 5) is 2.11.